The Morgan fingerprint density at radius 3 is 2.89 bits per heavy atom. The van der Waals surface area contributed by atoms with E-state index in [0.717, 1.165) is 45.4 Å². The van der Waals surface area contributed by atoms with Gasteiger partial charge in [-0.1, -0.05) is 0 Å². The van der Waals surface area contributed by atoms with Crippen LogP contribution in [0.25, 0.3) is 0 Å². The van der Waals surface area contributed by atoms with E-state index in [0.29, 0.717) is 13.2 Å². The Kier molecular flexibility index (Phi) is 4.97. The van der Waals surface area contributed by atoms with Gasteiger partial charge in [0.1, 0.15) is 0 Å². The summed E-state index contributed by atoms with van der Waals surface area (Å²) >= 11 is 0. The van der Waals surface area contributed by atoms with E-state index in [1.165, 1.54) is 0 Å². The van der Waals surface area contributed by atoms with E-state index < -0.39 is 0 Å². The molecule has 2 rings (SSSR count). The van der Waals surface area contributed by atoms with Gasteiger partial charge in [-0.3, -0.25) is 4.79 Å². The Labute approximate surface area is 109 Å². The molecular formula is C13H24N2O3. The average molecular weight is 256 g/mol. The zero-order chi connectivity index (χ0) is 12.8. The first-order valence-electron chi connectivity index (χ1n) is 6.86. The van der Waals surface area contributed by atoms with Gasteiger partial charge >= 0.3 is 0 Å². The molecule has 0 bridgehead atoms. The third kappa shape index (κ3) is 3.22. The number of piperidine rings is 1. The molecule has 0 aliphatic carbocycles. The summed E-state index contributed by atoms with van der Waals surface area (Å²) in [6.45, 7) is 3.74. The summed E-state index contributed by atoms with van der Waals surface area (Å²) < 4.78 is 10.8. The van der Waals surface area contributed by atoms with Gasteiger partial charge in [0.25, 0.3) is 0 Å². The Bertz CT molecular complexity index is 266. The maximum absolute atomic E-state index is 12.4. The van der Waals surface area contributed by atoms with Crippen LogP contribution in [0.4, 0.5) is 0 Å². The summed E-state index contributed by atoms with van der Waals surface area (Å²) in [4.78, 5) is 12.4. The quantitative estimate of drug-likeness (QED) is 0.742. The zero-order valence-electron chi connectivity index (χ0n) is 11.2. The van der Waals surface area contributed by atoms with Crippen LogP contribution in [-0.4, -0.2) is 52.0 Å². The number of rotatable bonds is 5. The maximum Gasteiger partial charge on any atom is 0.228 e. The number of hydrogen-bond acceptors (Lipinski definition) is 4. The highest BCUT2D eigenvalue weighted by atomic mass is 16.5. The first kappa shape index (κ1) is 13.8. The molecule has 2 saturated heterocycles. The first-order chi connectivity index (χ1) is 8.77. The van der Waals surface area contributed by atoms with Crippen LogP contribution in [0.3, 0.4) is 0 Å². The number of nitrogens with one attached hydrogen (secondary N) is 2. The average Bonchev–Trinajstić information content (AvgIpc) is 2.90. The van der Waals surface area contributed by atoms with Crippen molar-refractivity contribution in [2.75, 3.05) is 40.0 Å². The van der Waals surface area contributed by atoms with Crippen molar-refractivity contribution in [3.05, 3.63) is 0 Å². The highest BCUT2D eigenvalue weighted by Crippen LogP contribution is 2.29. The van der Waals surface area contributed by atoms with Gasteiger partial charge in [0.05, 0.1) is 18.1 Å². The van der Waals surface area contributed by atoms with E-state index in [1.807, 2.05) is 0 Å². The van der Waals surface area contributed by atoms with Gasteiger partial charge in [0.15, 0.2) is 0 Å². The van der Waals surface area contributed by atoms with E-state index in [1.54, 1.807) is 7.11 Å². The van der Waals surface area contributed by atoms with E-state index in [-0.39, 0.29) is 17.4 Å². The van der Waals surface area contributed by atoms with E-state index >= 15 is 0 Å². The van der Waals surface area contributed by atoms with E-state index in [2.05, 4.69) is 10.6 Å². The lowest BCUT2D eigenvalue weighted by Crippen LogP contribution is -2.51. The topological polar surface area (TPSA) is 59.6 Å². The molecule has 2 aliphatic heterocycles. The molecule has 2 heterocycles. The standard InChI is InChI=1S/C13H24N2O3/c1-17-10-13(4-6-14-7-5-13)12(16)15-9-11-3-2-8-18-11/h11,14H,2-10H2,1H3,(H,15,16). The monoisotopic (exact) mass is 256 g/mol. The van der Waals surface area contributed by atoms with E-state index in [4.69, 9.17) is 9.47 Å². The van der Waals surface area contributed by atoms with Gasteiger partial charge in [-0.05, 0) is 38.8 Å². The lowest BCUT2D eigenvalue weighted by atomic mass is 9.78. The first-order valence-corrected chi connectivity index (χ1v) is 6.86. The molecular weight excluding hydrogens is 232 g/mol. The molecule has 2 aliphatic rings. The molecule has 0 radical (unpaired) electrons. The molecule has 5 nitrogen and oxygen atoms in total. The largest absolute Gasteiger partial charge is 0.384 e. The highest BCUT2D eigenvalue weighted by Gasteiger charge is 2.39. The molecule has 0 aromatic heterocycles. The van der Waals surface area contributed by atoms with Crippen LogP contribution in [0.1, 0.15) is 25.7 Å². The van der Waals surface area contributed by atoms with Crippen molar-refractivity contribution in [1.29, 1.82) is 0 Å². The summed E-state index contributed by atoms with van der Waals surface area (Å²) in [5.74, 6) is 0.126. The summed E-state index contributed by atoms with van der Waals surface area (Å²) in [6, 6.07) is 0. The van der Waals surface area contributed by atoms with Crippen LogP contribution in [0.5, 0.6) is 0 Å². The number of carbonyl (C=O) groups is 1. The van der Waals surface area contributed by atoms with Gasteiger partial charge in [-0.2, -0.15) is 0 Å². The lowest BCUT2D eigenvalue weighted by Gasteiger charge is -2.35. The number of ether oxygens (including phenoxy) is 2. The van der Waals surface area contributed by atoms with Crippen molar-refractivity contribution in [2.24, 2.45) is 5.41 Å². The second kappa shape index (κ2) is 6.50. The molecule has 18 heavy (non-hydrogen) atoms. The van der Waals surface area contributed by atoms with Gasteiger partial charge in [0, 0.05) is 20.3 Å². The van der Waals surface area contributed by atoms with Crippen LogP contribution >= 0.6 is 0 Å². The fraction of sp³-hybridized carbons (Fsp3) is 0.923. The molecule has 2 fully saturated rings. The molecule has 5 heteroatoms. The molecule has 104 valence electrons. The predicted molar refractivity (Wildman–Crippen MR) is 68.4 cm³/mol. The Morgan fingerprint density at radius 2 is 2.28 bits per heavy atom. The number of carbonyl (C=O) groups excluding carboxylic acids is 1. The minimum Gasteiger partial charge on any atom is -0.384 e. The van der Waals surface area contributed by atoms with Crippen molar-refractivity contribution < 1.29 is 14.3 Å². The van der Waals surface area contributed by atoms with Crippen molar-refractivity contribution in [1.82, 2.24) is 10.6 Å². The van der Waals surface area contributed by atoms with Crippen molar-refractivity contribution in [3.8, 4) is 0 Å². The highest BCUT2D eigenvalue weighted by molar-refractivity contribution is 5.83. The minimum absolute atomic E-state index is 0.126. The molecule has 1 atom stereocenters. The van der Waals surface area contributed by atoms with Crippen molar-refractivity contribution >= 4 is 5.91 Å². The Hall–Kier alpha value is -0.650. The number of amides is 1. The van der Waals surface area contributed by atoms with Gasteiger partial charge in [-0.15, -0.1) is 0 Å². The lowest BCUT2D eigenvalue weighted by molar-refractivity contribution is -0.136. The molecule has 0 spiro atoms. The second-order valence-corrected chi connectivity index (χ2v) is 5.31. The predicted octanol–water partition coefficient (Wildman–Crippen LogP) is 0.298. The van der Waals surface area contributed by atoms with Crippen LogP contribution in [-0.2, 0) is 14.3 Å². The van der Waals surface area contributed by atoms with Crippen LogP contribution in [0.15, 0.2) is 0 Å². The summed E-state index contributed by atoms with van der Waals surface area (Å²) in [7, 11) is 1.66. The SMILES string of the molecule is COCC1(C(=O)NCC2CCCO2)CCNCC1. The smallest absolute Gasteiger partial charge is 0.228 e. The van der Waals surface area contributed by atoms with Crippen molar-refractivity contribution in [3.63, 3.8) is 0 Å². The summed E-state index contributed by atoms with van der Waals surface area (Å²) in [5.41, 5.74) is -0.349. The Morgan fingerprint density at radius 1 is 1.50 bits per heavy atom. The van der Waals surface area contributed by atoms with Crippen molar-refractivity contribution in [2.45, 2.75) is 31.8 Å². The number of methoxy groups -OCH3 is 1. The third-order valence-corrected chi connectivity index (χ3v) is 3.98. The molecule has 0 aromatic rings. The zero-order valence-corrected chi connectivity index (χ0v) is 11.2. The van der Waals surface area contributed by atoms with Crippen LogP contribution in [0, 0.1) is 5.41 Å². The van der Waals surface area contributed by atoms with Gasteiger partial charge in [0.2, 0.25) is 5.91 Å². The second-order valence-electron chi connectivity index (χ2n) is 5.31. The van der Waals surface area contributed by atoms with Crippen LogP contribution in [0.2, 0.25) is 0 Å². The van der Waals surface area contributed by atoms with Gasteiger partial charge in [-0.25, -0.2) is 0 Å². The molecule has 0 saturated carbocycles. The molecule has 1 amide bonds. The van der Waals surface area contributed by atoms with E-state index in [9.17, 15) is 4.79 Å². The normalized spacial score (nSPS) is 27.1. The summed E-state index contributed by atoms with van der Waals surface area (Å²) in [5, 5.41) is 6.34. The van der Waals surface area contributed by atoms with Crippen LogP contribution < -0.4 is 10.6 Å². The fourth-order valence-corrected chi connectivity index (χ4v) is 2.82. The molecule has 2 N–H and O–H groups in total. The minimum atomic E-state index is -0.349. The Balaban J connectivity index is 1.86. The summed E-state index contributed by atoms with van der Waals surface area (Å²) in [6.07, 6.45) is 4.05. The molecule has 1 unspecified atom stereocenters. The third-order valence-electron chi connectivity index (χ3n) is 3.98. The maximum atomic E-state index is 12.4. The van der Waals surface area contributed by atoms with Gasteiger partial charge < -0.3 is 20.1 Å². The number of hydrogen-bond donors (Lipinski definition) is 2. The molecule has 0 aromatic carbocycles. The fourth-order valence-electron chi connectivity index (χ4n) is 2.82.